The van der Waals surface area contributed by atoms with Gasteiger partial charge in [-0.25, -0.2) is 0 Å². The molecule has 2 N–H and O–H groups in total. The van der Waals surface area contributed by atoms with E-state index in [2.05, 4.69) is 32.3 Å². The van der Waals surface area contributed by atoms with E-state index in [1.165, 1.54) is 26.2 Å². The SMILES string of the molecule is CCNC(=NCC1CN2CCN1CC2)NC1CCN(C(=O)C2CC2)CC1. The fraction of sp³-hybridized carbons (Fsp3) is 0.895. The summed E-state index contributed by atoms with van der Waals surface area (Å²) in [4.78, 5) is 24.3. The van der Waals surface area contributed by atoms with E-state index < -0.39 is 0 Å². The third-order valence-corrected chi connectivity index (χ3v) is 6.27. The molecule has 146 valence electrons. The van der Waals surface area contributed by atoms with Gasteiger partial charge in [-0.05, 0) is 32.6 Å². The van der Waals surface area contributed by atoms with E-state index in [-0.39, 0.29) is 0 Å². The van der Waals surface area contributed by atoms with Gasteiger partial charge in [0.25, 0.3) is 0 Å². The van der Waals surface area contributed by atoms with Gasteiger partial charge in [0.1, 0.15) is 0 Å². The third kappa shape index (κ3) is 4.31. The molecular formula is C19H34N6O. The van der Waals surface area contributed by atoms with Crippen molar-refractivity contribution in [3.8, 4) is 0 Å². The molecule has 5 fully saturated rings. The number of fused-ring (bicyclic) bond motifs is 3. The number of likely N-dealkylation sites (tertiary alicyclic amines) is 1. The van der Waals surface area contributed by atoms with E-state index in [1.807, 2.05) is 0 Å². The number of guanidine groups is 1. The Balaban J connectivity index is 1.26. The number of aliphatic imine (C=N–C) groups is 1. The number of carbonyl (C=O) groups excluding carboxylic acids is 1. The van der Waals surface area contributed by atoms with Gasteiger partial charge in [-0.15, -0.1) is 0 Å². The van der Waals surface area contributed by atoms with Crippen molar-refractivity contribution in [2.75, 3.05) is 58.9 Å². The van der Waals surface area contributed by atoms with E-state index in [9.17, 15) is 4.79 Å². The monoisotopic (exact) mass is 362 g/mol. The molecule has 0 aromatic heterocycles. The summed E-state index contributed by atoms with van der Waals surface area (Å²) >= 11 is 0. The summed E-state index contributed by atoms with van der Waals surface area (Å²) in [7, 11) is 0. The number of amides is 1. The first-order valence-corrected chi connectivity index (χ1v) is 10.5. The molecule has 5 rings (SSSR count). The lowest BCUT2D eigenvalue weighted by molar-refractivity contribution is -0.133. The van der Waals surface area contributed by atoms with Gasteiger partial charge in [-0.3, -0.25) is 19.6 Å². The maximum Gasteiger partial charge on any atom is 0.225 e. The van der Waals surface area contributed by atoms with Crippen LogP contribution in [0, 0.1) is 5.92 Å². The third-order valence-electron chi connectivity index (χ3n) is 6.27. The lowest BCUT2D eigenvalue weighted by atomic mass is 10.0. The van der Waals surface area contributed by atoms with Crippen LogP contribution in [0.4, 0.5) is 0 Å². The van der Waals surface area contributed by atoms with Crippen LogP contribution < -0.4 is 10.6 Å². The van der Waals surface area contributed by atoms with Gasteiger partial charge < -0.3 is 15.5 Å². The molecule has 7 heteroatoms. The Morgan fingerprint density at radius 1 is 1.04 bits per heavy atom. The van der Waals surface area contributed by atoms with Crippen LogP contribution in [-0.2, 0) is 4.79 Å². The van der Waals surface area contributed by atoms with Gasteiger partial charge in [0, 0.05) is 70.4 Å². The van der Waals surface area contributed by atoms with Gasteiger partial charge >= 0.3 is 0 Å². The second kappa shape index (κ2) is 8.13. The fourth-order valence-corrected chi connectivity index (χ4v) is 4.44. The Morgan fingerprint density at radius 3 is 2.35 bits per heavy atom. The predicted molar refractivity (Wildman–Crippen MR) is 103 cm³/mol. The molecule has 26 heavy (non-hydrogen) atoms. The van der Waals surface area contributed by atoms with E-state index in [0.29, 0.717) is 23.9 Å². The van der Waals surface area contributed by atoms with Gasteiger partial charge in [0.15, 0.2) is 5.96 Å². The van der Waals surface area contributed by atoms with E-state index in [0.717, 1.165) is 64.4 Å². The number of hydrogen-bond acceptors (Lipinski definition) is 4. The normalized spacial score (nSPS) is 32.6. The van der Waals surface area contributed by atoms with E-state index in [4.69, 9.17) is 4.99 Å². The molecule has 0 spiro atoms. The van der Waals surface area contributed by atoms with Gasteiger partial charge in [-0.2, -0.15) is 0 Å². The molecule has 4 heterocycles. The van der Waals surface area contributed by atoms with Crippen molar-refractivity contribution in [3.05, 3.63) is 0 Å². The van der Waals surface area contributed by atoms with Crippen LogP contribution in [0.2, 0.25) is 0 Å². The molecule has 2 bridgehead atoms. The Morgan fingerprint density at radius 2 is 1.77 bits per heavy atom. The molecule has 1 aliphatic carbocycles. The minimum atomic E-state index is 0.343. The zero-order valence-corrected chi connectivity index (χ0v) is 16.1. The summed E-state index contributed by atoms with van der Waals surface area (Å²) in [5.41, 5.74) is 0. The van der Waals surface area contributed by atoms with Crippen molar-refractivity contribution >= 4 is 11.9 Å². The average Bonchev–Trinajstić information content (AvgIpc) is 3.53. The van der Waals surface area contributed by atoms with Crippen molar-refractivity contribution in [2.45, 2.75) is 44.7 Å². The van der Waals surface area contributed by atoms with Gasteiger partial charge in [0.2, 0.25) is 5.91 Å². The highest BCUT2D eigenvalue weighted by molar-refractivity contribution is 5.81. The molecule has 0 aromatic carbocycles. The topological polar surface area (TPSA) is 63.2 Å². The van der Waals surface area contributed by atoms with Crippen LogP contribution in [0.15, 0.2) is 4.99 Å². The lowest BCUT2D eigenvalue weighted by Gasteiger charge is -2.47. The summed E-state index contributed by atoms with van der Waals surface area (Å²) < 4.78 is 0. The zero-order valence-electron chi connectivity index (χ0n) is 16.1. The highest BCUT2D eigenvalue weighted by atomic mass is 16.2. The van der Waals surface area contributed by atoms with Crippen LogP contribution in [-0.4, -0.2) is 97.6 Å². The smallest absolute Gasteiger partial charge is 0.225 e. The minimum absolute atomic E-state index is 0.343. The molecule has 5 aliphatic rings. The van der Waals surface area contributed by atoms with Crippen LogP contribution in [0.1, 0.15) is 32.6 Å². The first kappa shape index (κ1) is 18.0. The number of nitrogens with zero attached hydrogens (tertiary/aromatic N) is 4. The summed E-state index contributed by atoms with van der Waals surface area (Å²) in [5, 5.41) is 7.02. The van der Waals surface area contributed by atoms with Crippen LogP contribution in [0.5, 0.6) is 0 Å². The molecule has 1 amide bonds. The lowest BCUT2D eigenvalue weighted by Crippen LogP contribution is -2.62. The zero-order chi connectivity index (χ0) is 17.9. The van der Waals surface area contributed by atoms with Crippen molar-refractivity contribution < 1.29 is 4.79 Å². The molecule has 1 unspecified atom stereocenters. The Labute approximate surface area is 157 Å². The standard InChI is InChI=1S/C19H34N6O/c1-2-20-19(21-13-17-14-23-9-11-24(17)12-10-23)22-16-5-7-25(8-6-16)18(26)15-3-4-15/h15-17H,2-14H2,1H3,(H2,20,21,22). The number of piperidine rings is 1. The van der Waals surface area contributed by atoms with E-state index >= 15 is 0 Å². The summed E-state index contributed by atoms with van der Waals surface area (Å²) in [5.74, 6) is 1.67. The predicted octanol–water partition coefficient (Wildman–Crippen LogP) is -0.0577. The Hall–Kier alpha value is -1.34. The summed E-state index contributed by atoms with van der Waals surface area (Å²) in [6.07, 6.45) is 4.24. The number of nitrogens with one attached hydrogen (secondary N) is 2. The van der Waals surface area contributed by atoms with Crippen LogP contribution in [0.25, 0.3) is 0 Å². The summed E-state index contributed by atoms with van der Waals surface area (Å²) in [6, 6.07) is 0.980. The second-order valence-corrected chi connectivity index (χ2v) is 8.23. The summed E-state index contributed by atoms with van der Waals surface area (Å²) in [6.45, 7) is 11.6. The van der Waals surface area contributed by atoms with Crippen molar-refractivity contribution in [1.82, 2.24) is 25.3 Å². The Bertz CT molecular complexity index is 518. The highest BCUT2D eigenvalue weighted by Crippen LogP contribution is 2.31. The maximum atomic E-state index is 12.2. The number of piperazine rings is 3. The first-order valence-electron chi connectivity index (χ1n) is 10.5. The van der Waals surface area contributed by atoms with Crippen molar-refractivity contribution in [3.63, 3.8) is 0 Å². The number of rotatable bonds is 5. The molecule has 1 atom stereocenters. The molecule has 1 saturated carbocycles. The van der Waals surface area contributed by atoms with Gasteiger partial charge in [-0.1, -0.05) is 0 Å². The van der Waals surface area contributed by atoms with Crippen LogP contribution in [0.3, 0.4) is 0 Å². The van der Waals surface area contributed by atoms with Crippen molar-refractivity contribution in [1.29, 1.82) is 0 Å². The quantitative estimate of drug-likeness (QED) is 0.530. The number of carbonyl (C=O) groups is 1. The number of hydrogen-bond donors (Lipinski definition) is 2. The molecular weight excluding hydrogens is 328 g/mol. The minimum Gasteiger partial charge on any atom is -0.357 e. The molecule has 4 aliphatic heterocycles. The van der Waals surface area contributed by atoms with E-state index in [1.54, 1.807) is 0 Å². The molecule has 7 nitrogen and oxygen atoms in total. The largest absolute Gasteiger partial charge is 0.357 e. The van der Waals surface area contributed by atoms with Crippen molar-refractivity contribution in [2.24, 2.45) is 10.9 Å². The second-order valence-electron chi connectivity index (χ2n) is 8.23. The maximum absolute atomic E-state index is 12.2. The fourth-order valence-electron chi connectivity index (χ4n) is 4.44. The molecule has 0 radical (unpaired) electrons. The average molecular weight is 363 g/mol. The Kier molecular flexibility index (Phi) is 5.64. The van der Waals surface area contributed by atoms with Crippen LogP contribution >= 0.6 is 0 Å². The first-order chi connectivity index (χ1) is 12.7. The highest BCUT2D eigenvalue weighted by Gasteiger charge is 2.35. The molecule has 4 saturated heterocycles. The van der Waals surface area contributed by atoms with Gasteiger partial charge in [0.05, 0.1) is 6.54 Å². The molecule has 0 aromatic rings.